The van der Waals surface area contributed by atoms with Gasteiger partial charge in [-0.1, -0.05) is 31.2 Å². The maximum atomic E-state index is 13.1. The molecular formula is C14H18F2O. The van der Waals surface area contributed by atoms with Crippen molar-refractivity contribution < 1.29 is 13.9 Å². The summed E-state index contributed by atoms with van der Waals surface area (Å²) in [5.41, 5.74) is 1.95. The fraction of sp³-hybridized carbons (Fsp3) is 0.571. The van der Waals surface area contributed by atoms with Crippen molar-refractivity contribution in [1.82, 2.24) is 0 Å². The van der Waals surface area contributed by atoms with Crippen molar-refractivity contribution in [1.29, 1.82) is 0 Å². The summed E-state index contributed by atoms with van der Waals surface area (Å²) in [6, 6.07) is 7.59. The van der Waals surface area contributed by atoms with Crippen molar-refractivity contribution in [3.63, 3.8) is 0 Å². The van der Waals surface area contributed by atoms with Gasteiger partial charge in [-0.2, -0.15) is 0 Å². The molecule has 0 heterocycles. The smallest absolute Gasteiger partial charge is 0.248 e. The molecule has 17 heavy (non-hydrogen) atoms. The highest BCUT2D eigenvalue weighted by Gasteiger charge is 2.42. The van der Waals surface area contributed by atoms with Crippen LogP contribution in [0.1, 0.15) is 43.4 Å². The van der Waals surface area contributed by atoms with Crippen LogP contribution >= 0.6 is 0 Å². The lowest BCUT2D eigenvalue weighted by Gasteiger charge is -2.18. The highest BCUT2D eigenvalue weighted by atomic mass is 19.3. The van der Waals surface area contributed by atoms with Gasteiger partial charge in [0.25, 0.3) is 0 Å². The molecular weight excluding hydrogens is 222 g/mol. The minimum Gasteiger partial charge on any atom is -0.388 e. The van der Waals surface area contributed by atoms with Gasteiger partial charge in [0.1, 0.15) is 0 Å². The molecule has 0 spiro atoms. The third-order valence-electron chi connectivity index (χ3n) is 3.62. The molecule has 94 valence electrons. The summed E-state index contributed by atoms with van der Waals surface area (Å²) in [5.74, 6) is -2.90. The van der Waals surface area contributed by atoms with E-state index in [0.717, 1.165) is 12.0 Å². The van der Waals surface area contributed by atoms with Crippen molar-refractivity contribution in [3.05, 3.63) is 35.4 Å². The third-order valence-corrected chi connectivity index (χ3v) is 3.62. The molecule has 1 nitrogen and oxygen atoms in total. The largest absolute Gasteiger partial charge is 0.388 e. The number of aryl methyl sites for hydroxylation is 1. The second-order valence-electron chi connectivity index (χ2n) is 4.90. The Morgan fingerprint density at radius 1 is 1.35 bits per heavy atom. The predicted molar refractivity (Wildman–Crippen MR) is 63.1 cm³/mol. The van der Waals surface area contributed by atoms with Crippen LogP contribution in [0.2, 0.25) is 0 Å². The molecule has 1 N–H and O–H groups in total. The number of aliphatic hydroxyl groups is 1. The zero-order valence-corrected chi connectivity index (χ0v) is 10.00. The molecule has 1 aromatic rings. The Balaban J connectivity index is 2.06. The average Bonchev–Trinajstić information content (AvgIpc) is 2.69. The molecule has 1 aromatic carbocycles. The lowest BCUT2D eigenvalue weighted by atomic mass is 9.93. The number of aliphatic hydroxyl groups excluding tert-OH is 1. The summed E-state index contributed by atoms with van der Waals surface area (Å²) >= 11 is 0. The van der Waals surface area contributed by atoms with E-state index in [1.807, 2.05) is 24.3 Å². The molecule has 1 fully saturated rings. The molecule has 0 bridgehead atoms. The van der Waals surface area contributed by atoms with Gasteiger partial charge in [-0.15, -0.1) is 0 Å². The number of hydrogen-bond donors (Lipinski definition) is 1. The Kier molecular flexibility index (Phi) is 3.48. The number of alkyl halides is 2. The van der Waals surface area contributed by atoms with Gasteiger partial charge in [-0.3, -0.25) is 0 Å². The van der Waals surface area contributed by atoms with Gasteiger partial charge in [0, 0.05) is 12.8 Å². The Bertz CT molecular complexity index is 372. The SMILES string of the molecule is CCc1ccc(C(O)C2CCC(F)(F)C2)cc1. The van der Waals surface area contributed by atoms with Gasteiger partial charge >= 0.3 is 0 Å². The van der Waals surface area contributed by atoms with Crippen molar-refractivity contribution in [2.45, 2.75) is 44.6 Å². The molecule has 2 atom stereocenters. The van der Waals surface area contributed by atoms with Gasteiger partial charge < -0.3 is 5.11 Å². The van der Waals surface area contributed by atoms with E-state index in [9.17, 15) is 13.9 Å². The van der Waals surface area contributed by atoms with Gasteiger partial charge in [0.15, 0.2) is 0 Å². The Labute approximate surface area is 100 Å². The topological polar surface area (TPSA) is 20.2 Å². The monoisotopic (exact) mass is 240 g/mol. The van der Waals surface area contributed by atoms with E-state index in [1.165, 1.54) is 5.56 Å². The molecule has 1 aliphatic rings. The van der Waals surface area contributed by atoms with Gasteiger partial charge in [-0.05, 0) is 29.9 Å². The lowest BCUT2D eigenvalue weighted by Crippen LogP contribution is -2.14. The summed E-state index contributed by atoms with van der Waals surface area (Å²) in [4.78, 5) is 0. The molecule has 1 aliphatic carbocycles. The van der Waals surface area contributed by atoms with Crippen LogP contribution in [-0.2, 0) is 6.42 Å². The van der Waals surface area contributed by atoms with E-state index < -0.39 is 12.0 Å². The van der Waals surface area contributed by atoms with Crippen molar-refractivity contribution in [2.24, 2.45) is 5.92 Å². The first-order valence-corrected chi connectivity index (χ1v) is 6.16. The molecule has 0 saturated heterocycles. The minimum atomic E-state index is -2.59. The molecule has 0 aliphatic heterocycles. The molecule has 0 radical (unpaired) electrons. The van der Waals surface area contributed by atoms with E-state index in [-0.39, 0.29) is 18.8 Å². The number of benzene rings is 1. The van der Waals surface area contributed by atoms with Crippen LogP contribution in [0.4, 0.5) is 8.78 Å². The first-order valence-electron chi connectivity index (χ1n) is 6.16. The summed E-state index contributed by atoms with van der Waals surface area (Å²) in [6.07, 6.45) is 0.307. The minimum absolute atomic E-state index is 0.0955. The normalized spacial score (nSPS) is 24.8. The van der Waals surface area contributed by atoms with Gasteiger partial charge in [0.2, 0.25) is 5.92 Å². The maximum absolute atomic E-state index is 13.1. The lowest BCUT2D eigenvalue weighted by molar-refractivity contribution is -0.00510. The molecule has 3 heteroatoms. The van der Waals surface area contributed by atoms with Crippen LogP contribution in [0, 0.1) is 5.92 Å². The van der Waals surface area contributed by atoms with Crippen molar-refractivity contribution >= 4 is 0 Å². The fourth-order valence-corrected chi connectivity index (χ4v) is 2.48. The second-order valence-corrected chi connectivity index (χ2v) is 4.90. The van der Waals surface area contributed by atoms with E-state index in [1.54, 1.807) is 0 Å². The van der Waals surface area contributed by atoms with Crippen LogP contribution in [0.15, 0.2) is 24.3 Å². The molecule has 2 unspecified atom stereocenters. The van der Waals surface area contributed by atoms with E-state index in [2.05, 4.69) is 6.92 Å². The molecule has 0 aromatic heterocycles. The molecule has 1 saturated carbocycles. The Hall–Kier alpha value is -0.960. The first-order chi connectivity index (χ1) is 8.02. The average molecular weight is 240 g/mol. The number of halogens is 2. The molecule has 0 amide bonds. The quantitative estimate of drug-likeness (QED) is 0.853. The number of hydrogen-bond acceptors (Lipinski definition) is 1. The van der Waals surface area contributed by atoms with Crippen LogP contribution < -0.4 is 0 Å². The van der Waals surface area contributed by atoms with Crippen molar-refractivity contribution in [2.75, 3.05) is 0 Å². The van der Waals surface area contributed by atoms with E-state index >= 15 is 0 Å². The predicted octanol–water partition coefficient (Wildman–Crippen LogP) is 3.72. The number of rotatable bonds is 3. The Morgan fingerprint density at radius 3 is 2.47 bits per heavy atom. The fourth-order valence-electron chi connectivity index (χ4n) is 2.48. The third kappa shape index (κ3) is 2.83. The van der Waals surface area contributed by atoms with Crippen LogP contribution in [0.5, 0.6) is 0 Å². The zero-order chi connectivity index (χ0) is 12.5. The highest BCUT2D eigenvalue weighted by Crippen LogP contribution is 2.44. The van der Waals surface area contributed by atoms with Crippen LogP contribution in [0.3, 0.4) is 0 Å². The van der Waals surface area contributed by atoms with Crippen LogP contribution in [0.25, 0.3) is 0 Å². The van der Waals surface area contributed by atoms with E-state index in [0.29, 0.717) is 6.42 Å². The van der Waals surface area contributed by atoms with Crippen LogP contribution in [-0.4, -0.2) is 11.0 Å². The second kappa shape index (κ2) is 4.73. The Morgan fingerprint density at radius 2 is 2.00 bits per heavy atom. The van der Waals surface area contributed by atoms with Gasteiger partial charge in [-0.25, -0.2) is 8.78 Å². The summed E-state index contributed by atoms with van der Waals surface area (Å²) in [7, 11) is 0. The maximum Gasteiger partial charge on any atom is 0.248 e. The first kappa shape index (κ1) is 12.5. The zero-order valence-electron chi connectivity index (χ0n) is 10.00. The standard InChI is InChI=1S/C14H18F2O/c1-2-10-3-5-11(6-4-10)13(17)12-7-8-14(15,16)9-12/h3-6,12-13,17H,2,7-9H2,1H3. The van der Waals surface area contributed by atoms with Crippen molar-refractivity contribution in [3.8, 4) is 0 Å². The molecule has 2 rings (SSSR count). The van der Waals surface area contributed by atoms with E-state index in [4.69, 9.17) is 0 Å². The summed E-state index contributed by atoms with van der Waals surface area (Å²) in [6.45, 7) is 2.06. The highest BCUT2D eigenvalue weighted by molar-refractivity contribution is 5.24. The summed E-state index contributed by atoms with van der Waals surface area (Å²) in [5, 5.41) is 10.1. The summed E-state index contributed by atoms with van der Waals surface area (Å²) < 4.78 is 26.2. The van der Waals surface area contributed by atoms with Gasteiger partial charge in [0.05, 0.1) is 6.10 Å².